The van der Waals surface area contributed by atoms with Gasteiger partial charge in [0.25, 0.3) is 0 Å². The number of β-amino-alcohol motifs (C(OH)–C–C–N with tert-alkyl or cyclic N) is 1. The van der Waals surface area contributed by atoms with Gasteiger partial charge in [0, 0.05) is 13.1 Å². The number of nitrogens with one attached hydrogen (secondary N) is 1. The summed E-state index contributed by atoms with van der Waals surface area (Å²) in [6, 6.07) is 9.36. The second kappa shape index (κ2) is 9.51. The lowest BCUT2D eigenvalue weighted by Crippen LogP contribution is -2.40. The summed E-state index contributed by atoms with van der Waals surface area (Å²) in [7, 11) is 0. The predicted octanol–water partition coefficient (Wildman–Crippen LogP) is 1.62. The zero-order chi connectivity index (χ0) is 16.5. The van der Waals surface area contributed by atoms with E-state index in [0.717, 1.165) is 38.5 Å². The molecule has 5 nitrogen and oxygen atoms in total. The summed E-state index contributed by atoms with van der Waals surface area (Å²) >= 11 is 0. The van der Waals surface area contributed by atoms with E-state index < -0.39 is 0 Å². The number of piperidine rings is 1. The molecule has 1 heterocycles. The minimum absolute atomic E-state index is 0.235. The average molecular weight is 317 g/mol. The average Bonchev–Trinajstić information content (AvgIpc) is 2.56. The van der Waals surface area contributed by atoms with Crippen LogP contribution in [-0.4, -0.2) is 55.4 Å². The normalized spacial score (nSPS) is 17.6. The molecular formula is C18H27N3O2. The summed E-state index contributed by atoms with van der Waals surface area (Å²) in [5, 5.41) is 21.7. The SMILES string of the molecule is C[C@H](O)CN1CCC(CNCCOc2cccc(C#N)c2)CC1. The van der Waals surface area contributed by atoms with Gasteiger partial charge in [-0.05, 0) is 63.5 Å². The molecule has 0 radical (unpaired) electrons. The molecule has 1 fully saturated rings. The Bertz CT molecular complexity index is 505. The van der Waals surface area contributed by atoms with E-state index in [-0.39, 0.29) is 6.10 Å². The molecule has 5 heteroatoms. The molecular weight excluding hydrogens is 290 g/mol. The molecule has 2 rings (SSSR count). The highest BCUT2D eigenvalue weighted by molar-refractivity contribution is 5.36. The molecule has 126 valence electrons. The van der Waals surface area contributed by atoms with Gasteiger partial charge in [-0.25, -0.2) is 0 Å². The van der Waals surface area contributed by atoms with Gasteiger partial charge in [-0.3, -0.25) is 0 Å². The first-order chi connectivity index (χ1) is 11.2. The van der Waals surface area contributed by atoms with Gasteiger partial charge in [0.2, 0.25) is 0 Å². The van der Waals surface area contributed by atoms with Crippen LogP contribution < -0.4 is 10.1 Å². The first-order valence-electron chi connectivity index (χ1n) is 8.41. The van der Waals surface area contributed by atoms with Gasteiger partial charge >= 0.3 is 0 Å². The van der Waals surface area contributed by atoms with Crippen molar-refractivity contribution in [1.29, 1.82) is 5.26 Å². The summed E-state index contributed by atoms with van der Waals surface area (Å²) < 4.78 is 5.65. The van der Waals surface area contributed by atoms with Crippen LogP contribution in [0.25, 0.3) is 0 Å². The summed E-state index contributed by atoms with van der Waals surface area (Å²) in [4.78, 5) is 2.34. The highest BCUT2D eigenvalue weighted by Gasteiger charge is 2.19. The minimum atomic E-state index is -0.235. The predicted molar refractivity (Wildman–Crippen MR) is 90.4 cm³/mol. The van der Waals surface area contributed by atoms with Crippen LogP contribution in [0.5, 0.6) is 5.75 Å². The molecule has 0 amide bonds. The lowest BCUT2D eigenvalue weighted by molar-refractivity contribution is 0.0996. The van der Waals surface area contributed by atoms with Gasteiger partial charge in [-0.2, -0.15) is 5.26 Å². The summed E-state index contributed by atoms with van der Waals surface area (Å²) in [5.41, 5.74) is 0.624. The number of nitriles is 1. The molecule has 0 aliphatic carbocycles. The van der Waals surface area contributed by atoms with Crippen LogP contribution in [0.1, 0.15) is 25.3 Å². The Hall–Kier alpha value is -1.61. The molecule has 1 aromatic carbocycles. The number of benzene rings is 1. The van der Waals surface area contributed by atoms with Crippen molar-refractivity contribution in [2.24, 2.45) is 5.92 Å². The summed E-state index contributed by atoms with van der Waals surface area (Å²) in [6.45, 7) is 7.23. The van der Waals surface area contributed by atoms with Crippen molar-refractivity contribution in [3.05, 3.63) is 29.8 Å². The van der Waals surface area contributed by atoms with E-state index in [2.05, 4.69) is 16.3 Å². The summed E-state index contributed by atoms with van der Waals surface area (Å²) in [6.07, 6.45) is 2.14. The van der Waals surface area contributed by atoms with Crippen molar-refractivity contribution in [1.82, 2.24) is 10.2 Å². The van der Waals surface area contributed by atoms with E-state index in [1.54, 1.807) is 12.1 Å². The number of likely N-dealkylation sites (tertiary alicyclic amines) is 1. The number of aliphatic hydroxyl groups excluding tert-OH is 1. The van der Waals surface area contributed by atoms with Gasteiger partial charge in [0.1, 0.15) is 12.4 Å². The lowest BCUT2D eigenvalue weighted by Gasteiger charge is -2.32. The molecule has 0 saturated carbocycles. The van der Waals surface area contributed by atoms with Gasteiger partial charge in [-0.1, -0.05) is 6.07 Å². The Labute approximate surface area is 138 Å². The molecule has 1 aromatic rings. The highest BCUT2D eigenvalue weighted by atomic mass is 16.5. The van der Waals surface area contributed by atoms with Gasteiger partial charge in [0.05, 0.1) is 17.7 Å². The maximum absolute atomic E-state index is 9.41. The molecule has 1 atom stereocenters. The first-order valence-corrected chi connectivity index (χ1v) is 8.41. The number of aliphatic hydroxyl groups is 1. The van der Waals surface area contributed by atoms with Crippen LogP contribution in [0, 0.1) is 17.2 Å². The molecule has 1 aliphatic heterocycles. The zero-order valence-corrected chi connectivity index (χ0v) is 13.9. The quantitative estimate of drug-likeness (QED) is 0.713. The van der Waals surface area contributed by atoms with E-state index >= 15 is 0 Å². The van der Waals surface area contributed by atoms with Crippen molar-refractivity contribution in [3.63, 3.8) is 0 Å². The van der Waals surface area contributed by atoms with Gasteiger partial charge < -0.3 is 20.1 Å². The summed E-state index contributed by atoms with van der Waals surface area (Å²) in [5.74, 6) is 1.46. The Morgan fingerprint density at radius 1 is 1.43 bits per heavy atom. The fourth-order valence-electron chi connectivity index (χ4n) is 2.95. The maximum Gasteiger partial charge on any atom is 0.120 e. The van der Waals surface area contributed by atoms with Crippen molar-refractivity contribution in [3.8, 4) is 11.8 Å². The van der Waals surface area contributed by atoms with Crippen LogP contribution in [0.15, 0.2) is 24.3 Å². The number of hydrogen-bond acceptors (Lipinski definition) is 5. The monoisotopic (exact) mass is 317 g/mol. The van der Waals surface area contributed by atoms with E-state index in [4.69, 9.17) is 10.00 Å². The van der Waals surface area contributed by atoms with Crippen molar-refractivity contribution in [2.75, 3.05) is 39.3 Å². The van der Waals surface area contributed by atoms with Crippen LogP contribution in [0.2, 0.25) is 0 Å². The molecule has 23 heavy (non-hydrogen) atoms. The lowest BCUT2D eigenvalue weighted by atomic mass is 9.96. The van der Waals surface area contributed by atoms with Crippen LogP contribution in [0.4, 0.5) is 0 Å². The van der Waals surface area contributed by atoms with E-state index in [1.165, 1.54) is 12.8 Å². The topological polar surface area (TPSA) is 68.5 Å². The van der Waals surface area contributed by atoms with Crippen molar-refractivity contribution in [2.45, 2.75) is 25.9 Å². The second-order valence-electron chi connectivity index (χ2n) is 6.29. The van der Waals surface area contributed by atoms with Crippen LogP contribution >= 0.6 is 0 Å². The van der Waals surface area contributed by atoms with Crippen molar-refractivity contribution < 1.29 is 9.84 Å². The number of nitrogens with zero attached hydrogens (tertiary/aromatic N) is 2. The number of ether oxygens (including phenoxy) is 1. The fourth-order valence-corrected chi connectivity index (χ4v) is 2.95. The smallest absolute Gasteiger partial charge is 0.120 e. The Kier molecular flexibility index (Phi) is 7.34. The molecule has 2 N–H and O–H groups in total. The first kappa shape index (κ1) is 17.7. The Morgan fingerprint density at radius 2 is 2.22 bits per heavy atom. The largest absolute Gasteiger partial charge is 0.492 e. The number of rotatable bonds is 8. The minimum Gasteiger partial charge on any atom is -0.492 e. The molecule has 1 saturated heterocycles. The number of hydrogen-bond donors (Lipinski definition) is 2. The van der Waals surface area contributed by atoms with Crippen molar-refractivity contribution >= 4 is 0 Å². The molecule has 1 aliphatic rings. The molecule has 0 spiro atoms. The van der Waals surface area contributed by atoms with E-state index in [9.17, 15) is 5.11 Å². The maximum atomic E-state index is 9.41. The second-order valence-corrected chi connectivity index (χ2v) is 6.29. The van der Waals surface area contributed by atoms with Crippen LogP contribution in [0.3, 0.4) is 0 Å². The molecule has 0 unspecified atom stereocenters. The third-order valence-corrected chi connectivity index (χ3v) is 4.17. The van der Waals surface area contributed by atoms with E-state index in [0.29, 0.717) is 18.1 Å². The highest BCUT2D eigenvalue weighted by Crippen LogP contribution is 2.16. The Morgan fingerprint density at radius 3 is 2.91 bits per heavy atom. The van der Waals surface area contributed by atoms with E-state index in [1.807, 2.05) is 19.1 Å². The Balaban J connectivity index is 1.55. The third-order valence-electron chi connectivity index (χ3n) is 4.17. The van der Waals surface area contributed by atoms with Gasteiger partial charge in [-0.15, -0.1) is 0 Å². The van der Waals surface area contributed by atoms with Crippen LogP contribution in [-0.2, 0) is 0 Å². The third kappa shape index (κ3) is 6.57. The molecule has 0 bridgehead atoms. The zero-order valence-electron chi connectivity index (χ0n) is 13.9. The molecule has 0 aromatic heterocycles. The fraction of sp³-hybridized carbons (Fsp3) is 0.611. The standard InChI is InChI=1S/C18H27N3O2/c1-15(22)14-21-8-5-16(6-9-21)13-20-7-10-23-18-4-2-3-17(11-18)12-19/h2-4,11,15-16,20,22H,5-10,13-14H2,1H3/t15-/m0/s1. The van der Waals surface area contributed by atoms with Gasteiger partial charge in [0.15, 0.2) is 0 Å².